The zero-order chi connectivity index (χ0) is 38.9. The van der Waals surface area contributed by atoms with Crippen molar-refractivity contribution in [1.82, 2.24) is 9.55 Å². The smallest absolute Gasteiger partial charge is 0.0716 e. The van der Waals surface area contributed by atoms with E-state index >= 15 is 0 Å². The van der Waals surface area contributed by atoms with Crippen LogP contribution in [0.25, 0.3) is 115 Å². The van der Waals surface area contributed by atoms with Crippen LogP contribution in [0, 0.1) is 0 Å². The summed E-state index contributed by atoms with van der Waals surface area (Å²) in [5, 5.41) is 12.5. The summed E-state index contributed by atoms with van der Waals surface area (Å²) in [4.78, 5) is 5.50. The van der Waals surface area contributed by atoms with Crippen LogP contribution in [0.2, 0.25) is 0 Å². The maximum absolute atomic E-state index is 5.50. The van der Waals surface area contributed by atoms with E-state index in [-0.39, 0.29) is 0 Å². The molecule has 0 saturated heterocycles. The second-order valence-electron chi connectivity index (χ2n) is 15.5. The van der Waals surface area contributed by atoms with Gasteiger partial charge in [-0.1, -0.05) is 164 Å². The van der Waals surface area contributed by atoms with Gasteiger partial charge in [-0.05, 0) is 120 Å². The molecular weight excluding hydrogens is 713 g/mol. The van der Waals surface area contributed by atoms with E-state index in [1.165, 1.54) is 64.9 Å². The first-order valence-corrected chi connectivity index (χ1v) is 20.3. The summed E-state index contributed by atoms with van der Waals surface area (Å²) in [6.45, 7) is 0. The number of nitrogens with zero attached hydrogens (tertiary/aromatic N) is 2. The molecular formula is C57H36N2. The lowest BCUT2D eigenvalue weighted by atomic mass is 9.91. The van der Waals surface area contributed by atoms with Gasteiger partial charge in [0.1, 0.15) is 0 Å². The van der Waals surface area contributed by atoms with Crippen molar-refractivity contribution in [3.8, 4) is 50.5 Å². The second-order valence-corrected chi connectivity index (χ2v) is 15.5. The van der Waals surface area contributed by atoms with Crippen LogP contribution in [-0.2, 0) is 0 Å². The van der Waals surface area contributed by atoms with Crippen LogP contribution in [-0.4, -0.2) is 9.55 Å². The lowest BCUT2D eigenvalue weighted by molar-refractivity contribution is 1.18. The van der Waals surface area contributed by atoms with Gasteiger partial charge in [0, 0.05) is 27.6 Å². The minimum Gasteiger partial charge on any atom is -0.309 e. The molecule has 0 atom stereocenters. The molecule has 0 aliphatic heterocycles. The fraction of sp³-hybridized carbons (Fsp3) is 0. The zero-order valence-corrected chi connectivity index (χ0v) is 32.2. The molecule has 0 amide bonds. The van der Waals surface area contributed by atoms with Crippen molar-refractivity contribution in [2.45, 2.75) is 0 Å². The molecule has 12 aromatic rings. The minimum absolute atomic E-state index is 0.926. The first kappa shape index (κ1) is 33.3. The molecule has 12 rings (SSSR count). The third kappa shape index (κ3) is 5.53. The molecule has 2 aromatic heterocycles. The van der Waals surface area contributed by atoms with E-state index < -0.39 is 0 Å². The van der Waals surface area contributed by atoms with E-state index in [0.29, 0.717) is 0 Å². The van der Waals surface area contributed by atoms with E-state index in [2.05, 4.69) is 223 Å². The molecule has 0 aliphatic carbocycles. The zero-order valence-electron chi connectivity index (χ0n) is 32.2. The highest BCUT2D eigenvalue weighted by Gasteiger charge is 2.17. The first-order valence-electron chi connectivity index (χ1n) is 20.3. The molecule has 2 heterocycles. The first-order chi connectivity index (χ1) is 29.2. The molecule has 2 nitrogen and oxygen atoms in total. The summed E-state index contributed by atoms with van der Waals surface area (Å²) in [5.74, 6) is 0. The number of hydrogen-bond acceptors (Lipinski definition) is 1. The molecule has 0 saturated carbocycles. The molecule has 2 heteroatoms. The Bertz CT molecular complexity index is 3520. The Morgan fingerprint density at radius 3 is 1.42 bits per heavy atom. The molecule has 0 aliphatic rings. The molecule has 0 radical (unpaired) electrons. The molecule has 274 valence electrons. The van der Waals surface area contributed by atoms with E-state index in [9.17, 15) is 0 Å². The van der Waals surface area contributed by atoms with Crippen LogP contribution in [0.15, 0.2) is 218 Å². The second kappa shape index (κ2) is 13.4. The van der Waals surface area contributed by atoms with Crippen LogP contribution in [0.4, 0.5) is 0 Å². The van der Waals surface area contributed by atoms with Crippen molar-refractivity contribution < 1.29 is 0 Å². The van der Waals surface area contributed by atoms with Crippen molar-refractivity contribution in [2.24, 2.45) is 0 Å². The van der Waals surface area contributed by atoms with E-state index in [1.54, 1.807) is 0 Å². The van der Waals surface area contributed by atoms with E-state index in [1.807, 2.05) is 0 Å². The van der Waals surface area contributed by atoms with Crippen LogP contribution < -0.4 is 0 Å². The Labute approximate surface area is 341 Å². The van der Waals surface area contributed by atoms with Crippen molar-refractivity contribution in [3.63, 3.8) is 0 Å². The largest absolute Gasteiger partial charge is 0.309 e. The van der Waals surface area contributed by atoms with E-state index in [0.717, 1.165) is 50.5 Å². The average molecular weight is 749 g/mol. The quantitative estimate of drug-likeness (QED) is 0.160. The highest BCUT2D eigenvalue weighted by molar-refractivity contribution is 6.25. The third-order valence-corrected chi connectivity index (χ3v) is 12.1. The highest BCUT2D eigenvalue weighted by Crippen LogP contribution is 2.41. The van der Waals surface area contributed by atoms with Crippen molar-refractivity contribution in [3.05, 3.63) is 218 Å². The lowest BCUT2D eigenvalue weighted by Crippen LogP contribution is -1.97. The average Bonchev–Trinajstić information content (AvgIpc) is 3.66. The van der Waals surface area contributed by atoms with Crippen molar-refractivity contribution in [2.75, 3.05) is 0 Å². The highest BCUT2D eigenvalue weighted by atomic mass is 15.0. The summed E-state index contributed by atoms with van der Waals surface area (Å²) in [5.41, 5.74) is 12.1. The number of hydrogen-bond donors (Lipinski definition) is 0. The van der Waals surface area contributed by atoms with Gasteiger partial charge in [-0.25, -0.2) is 4.98 Å². The van der Waals surface area contributed by atoms with Crippen LogP contribution in [0.1, 0.15) is 0 Å². The lowest BCUT2D eigenvalue weighted by Gasteiger charge is -2.16. The van der Waals surface area contributed by atoms with Crippen LogP contribution in [0.3, 0.4) is 0 Å². The van der Waals surface area contributed by atoms with Gasteiger partial charge in [0.15, 0.2) is 0 Å². The van der Waals surface area contributed by atoms with Gasteiger partial charge in [0.05, 0.1) is 22.4 Å². The van der Waals surface area contributed by atoms with Gasteiger partial charge < -0.3 is 4.57 Å². The molecule has 0 bridgehead atoms. The summed E-state index contributed by atoms with van der Waals surface area (Å²) < 4.78 is 2.42. The molecule has 10 aromatic carbocycles. The molecule has 0 N–H and O–H groups in total. The van der Waals surface area contributed by atoms with Gasteiger partial charge in [-0.3, -0.25) is 0 Å². The Balaban J connectivity index is 1.14. The molecule has 0 unspecified atom stereocenters. The Morgan fingerprint density at radius 2 is 0.746 bits per heavy atom. The van der Waals surface area contributed by atoms with Crippen LogP contribution in [0.5, 0.6) is 0 Å². The maximum Gasteiger partial charge on any atom is 0.0716 e. The van der Waals surface area contributed by atoms with Crippen LogP contribution >= 0.6 is 0 Å². The number of fused-ring (bicyclic) bond motifs is 10. The van der Waals surface area contributed by atoms with Gasteiger partial charge in [-0.15, -0.1) is 0 Å². The van der Waals surface area contributed by atoms with Crippen molar-refractivity contribution in [1.29, 1.82) is 0 Å². The predicted molar refractivity (Wildman–Crippen MR) is 250 cm³/mol. The topological polar surface area (TPSA) is 17.8 Å². The van der Waals surface area contributed by atoms with Gasteiger partial charge in [0.2, 0.25) is 0 Å². The Morgan fingerprint density at radius 1 is 0.254 bits per heavy atom. The summed E-state index contributed by atoms with van der Waals surface area (Å²) >= 11 is 0. The molecule has 0 spiro atoms. The summed E-state index contributed by atoms with van der Waals surface area (Å²) in [6.07, 6.45) is 0. The number of para-hydroxylation sites is 2. The number of rotatable bonds is 5. The Kier molecular flexibility index (Phi) is 7.57. The fourth-order valence-electron chi connectivity index (χ4n) is 9.32. The van der Waals surface area contributed by atoms with Gasteiger partial charge in [-0.2, -0.15) is 0 Å². The third-order valence-electron chi connectivity index (χ3n) is 12.1. The number of benzene rings is 10. The standard InChI is InChI=1S/C57H36N2/c1-2-14-37(15-3-1)43-35-54(41-27-26-38-16-4-5-17-39(38)30-41)58-55(36-43)44-31-42(32-45(33-44)59-56-24-12-10-22-51(56)52-23-11-13-25-57(52)59)40-28-29-50-48-20-7-6-18-46(48)47-19-8-9-21-49(47)53(50)34-40/h1-36H. The monoisotopic (exact) mass is 748 g/mol. The normalized spacial score (nSPS) is 11.7. The SMILES string of the molecule is c1ccc(-c2cc(-c3cc(-c4ccc5c6ccccc6c6ccccc6c5c4)cc(-n4c5ccccc5c5ccccc54)c3)nc(-c3ccc4ccccc4c3)c2)cc1. The van der Waals surface area contributed by atoms with Gasteiger partial charge in [0.25, 0.3) is 0 Å². The molecule has 59 heavy (non-hydrogen) atoms. The number of aromatic nitrogens is 2. The minimum atomic E-state index is 0.926. The molecule has 0 fully saturated rings. The summed E-state index contributed by atoms with van der Waals surface area (Å²) in [7, 11) is 0. The van der Waals surface area contributed by atoms with E-state index in [4.69, 9.17) is 4.98 Å². The van der Waals surface area contributed by atoms with Gasteiger partial charge >= 0.3 is 0 Å². The maximum atomic E-state index is 5.50. The fourth-order valence-corrected chi connectivity index (χ4v) is 9.32. The Hall–Kier alpha value is -7.81. The summed E-state index contributed by atoms with van der Waals surface area (Å²) in [6, 6.07) is 79.5. The number of pyridine rings is 1. The predicted octanol–water partition coefficient (Wildman–Crippen LogP) is 15.5. The van der Waals surface area contributed by atoms with Crippen molar-refractivity contribution >= 4 is 64.9 Å².